The fourth-order valence-electron chi connectivity index (χ4n) is 2.91. The van der Waals surface area contributed by atoms with Crippen LogP contribution in [0.4, 0.5) is 5.69 Å². The Kier molecular flexibility index (Phi) is 4.28. The zero-order chi connectivity index (χ0) is 13.1. The molecule has 0 bridgehead atoms. The summed E-state index contributed by atoms with van der Waals surface area (Å²) in [6.07, 6.45) is 3.20. The SMILES string of the molecule is Cc1cc(C)cc(N2CCC(CCC(C)O)C2)c1. The summed E-state index contributed by atoms with van der Waals surface area (Å²) in [6.45, 7) is 8.52. The Labute approximate surface area is 111 Å². The van der Waals surface area contributed by atoms with E-state index in [1.165, 1.54) is 23.2 Å². The van der Waals surface area contributed by atoms with Crippen LogP contribution in [0, 0.1) is 19.8 Å². The van der Waals surface area contributed by atoms with Crippen LogP contribution in [0.3, 0.4) is 0 Å². The van der Waals surface area contributed by atoms with E-state index in [0.29, 0.717) is 0 Å². The van der Waals surface area contributed by atoms with Gasteiger partial charge in [-0.15, -0.1) is 0 Å². The molecule has 0 amide bonds. The van der Waals surface area contributed by atoms with Crippen LogP contribution < -0.4 is 4.90 Å². The summed E-state index contributed by atoms with van der Waals surface area (Å²) in [7, 11) is 0. The molecule has 1 N–H and O–H groups in total. The average molecular weight is 247 g/mol. The molecule has 1 aliphatic heterocycles. The molecule has 2 atom stereocenters. The molecule has 0 spiro atoms. The molecule has 1 aromatic carbocycles. The van der Waals surface area contributed by atoms with Crippen LogP contribution in [-0.2, 0) is 0 Å². The normalized spacial score (nSPS) is 21.3. The Morgan fingerprint density at radius 1 is 1.28 bits per heavy atom. The summed E-state index contributed by atoms with van der Waals surface area (Å²) in [5, 5.41) is 9.35. The molecular formula is C16H25NO. The molecular weight excluding hydrogens is 222 g/mol. The highest BCUT2D eigenvalue weighted by Gasteiger charge is 2.22. The van der Waals surface area contributed by atoms with E-state index in [-0.39, 0.29) is 6.10 Å². The molecule has 2 rings (SSSR count). The van der Waals surface area contributed by atoms with Gasteiger partial charge in [-0.05, 0) is 69.2 Å². The van der Waals surface area contributed by atoms with Crippen LogP contribution in [0.1, 0.15) is 37.3 Å². The Morgan fingerprint density at radius 2 is 1.94 bits per heavy atom. The van der Waals surface area contributed by atoms with Crippen LogP contribution in [0.25, 0.3) is 0 Å². The predicted molar refractivity (Wildman–Crippen MR) is 77.2 cm³/mol. The lowest BCUT2D eigenvalue weighted by Gasteiger charge is -2.20. The molecule has 1 aliphatic rings. The quantitative estimate of drug-likeness (QED) is 0.882. The van der Waals surface area contributed by atoms with Gasteiger partial charge < -0.3 is 10.0 Å². The summed E-state index contributed by atoms with van der Waals surface area (Å²) in [5.41, 5.74) is 4.06. The van der Waals surface area contributed by atoms with Crippen molar-refractivity contribution in [2.75, 3.05) is 18.0 Å². The van der Waals surface area contributed by atoms with Gasteiger partial charge in [-0.2, -0.15) is 0 Å². The maximum absolute atomic E-state index is 9.35. The van der Waals surface area contributed by atoms with Crippen molar-refractivity contribution in [3.05, 3.63) is 29.3 Å². The van der Waals surface area contributed by atoms with Gasteiger partial charge in [0.25, 0.3) is 0 Å². The van der Waals surface area contributed by atoms with Crippen LogP contribution in [0.15, 0.2) is 18.2 Å². The lowest BCUT2D eigenvalue weighted by atomic mass is 10.0. The first-order valence-corrected chi connectivity index (χ1v) is 7.06. The highest BCUT2D eigenvalue weighted by Crippen LogP contribution is 2.28. The molecule has 0 aromatic heterocycles. The third-order valence-electron chi connectivity index (χ3n) is 3.85. The van der Waals surface area contributed by atoms with Crippen molar-refractivity contribution in [1.29, 1.82) is 0 Å². The number of nitrogens with zero attached hydrogens (tertiary/aromatic N) is 1. The molecule has 1 heterocycles. The number of rotatable bonds is 4. The van der Waals surface area contributed by atoms with Gasteiger partial charge in [0.05, 0.1) is 6.10 Å². The van der Waals surface area contributed by atoms with Gasteiger partial charge in [0.1, 0.15) is 0 Å². The maximum atomic E-state index is 9.35. The van der Waals surface area contributed by atoms with Gasteiger partial charge in [0, 0.05) is 18.8 Å². The van der Waals surface area contributed by atoms with E-state index in [2.05, 4.69) is 36.9 Å². The number of hydrogen-bond acceptors (Lipinski definition) is 2. The molecule has 0 saturated carbocycles. The van der Waals surface area contributed by atoms with Crippen molar-refractivity contribution in [1.82, 2.24) is 0 Å². The minimum absolute atomic E-state index is 0.153. The van der Waals surface area contributed by atoms with Crippen LogP contribution >= 0.6 is 0 Å². The second-order valence-corrected chi connectivity index (χ2v) is 5.87. The molecule has 1 saturated heterocycles. The van der Waals surface area contributed by atoms with Crippen molar-refractivity contribution in [3.63, 3.8) is 0 Å². The number of aryl methyl sites for hydroxylation is 2. The molecule has 0 aliphatic carbocycles. The third kappa shape index (κ3) is 3.49. The Hall–Kier alpha value is -1.02. The number of aliphatic hydroxyl groups excluding tert-OH is 1. The Morgan fingerprint density at radius 3 is 2.56 bits per heavy atom. The molecule has 2 nitrogen and oxygen atoms in total. The molecule has 100 valence electrons. The Balaban J connectivity index is 1.95. The topological polar surface area (TPSA) is 23.5 Å². The van der Waals surface area contributed by atoms with Crippen LogP contribution in [-0.4, -0.2) is 24.3 Å². The molecule has 2 unspecified atom stereocenters. The standard InChI is InChI=1S/C16H25NO/c1-12-8-13(2)10-16(9-12)17-7-6-15(11-17)5-4-14(3)18/h8-10,14-15,18H,4-7,11H2,1-3H3. The predicted octanol–water partition coefficient (Wildman–Crippen LogP) is 3.29. The van der Waals surface area contributed by atoms with E-state index in [1.807, 2.05) is 6.92 Å². The van der Waals surface area contributed by atoms with Crippen molar-refractivity contribution in [3.8, 4) is 0 Å². The van der Waals surface area contributed by atoms with Gasteiger partial charge in [-0.25, -0.2) is 0 Å². The first-order chi connectivity index (χ1) is 8.54. The van der Waals surface area contributed by atoms with E-state index in [4.69, 9.17) is 0 Å². The number of hydrogen-bond donors (Lipinski definition) is 1. The smallest absolute Gasteiger partial charge is 0.0512 e. The van der Waals surface area contributed by atoms with Gasteiger partial charge in [-0.1, -0.05) is 6.07 Å². The van der Waals surface area contributed by atoms with Crippen molar-refractivity contribution in [2.24, 2.45) is 5.92 Å². The van der Waals surface area contributed by atoms with E-state index in [1.54, 1.807) is 0 Å². The summed E-state index contributed by atoms with van der Waals surface area (Å²) in [6, 6.07) is 6.79. The lowest BCUT2D eigenvalue weighted by Crippen LogP contribution is -2.20. The highest BCUT2D eigenvalue weighted by molar-refractivity contribution is 5.51. The summed E-state index contributed by atoms with van der Waals surface area (Å²) < 4.78 is 0. The molecule has 2 heteroatoms. The summed E-state index contributed by atoms with van der Waals surface area (Å²) >= 11 is 0. The van der Waals surface area contributed by atoms with Gasteiger partial charge in [0.2, 0.25) is 0 Å². The fourth-order valence-corrected chi connectivity index (χ4v) is 2.91. The highest BCUT2D eigenvalue weighted by atomic mass is 16.3. The second-order valence-electron chi connectivity index (χ2n) is 5.87. The van der Waals surface area contributed by atoms with E-state index in [0.717, 1.165) is 31.8 Å². The minimum Gasteiger partial charge on any atom is -0.393 e. The zero-order valence-electron chi connectivity index (χ0n) is 11.8. The fraction of sp³-hybridized carbons (Fsp3) is 0.625. The monoisotopic (exact) mass is 247 g/mol. The number of benzene rings is 1. The molecule has 1 fully saturated rings. The van der Waals surface area contributed by atoms with Crippen molar-refractivity contribution in [2.45, 2.75) is 46.1 Å². The van der Waals surface area contributed by atoms with E-state index in [9.17, 15) is 5.11 Å². The zero-order valence-corrected chi connectivity index (χ0v) is 11.8. The first-order valence-electron chi connectivity index (χ1n) is 7.06. The first kappa shape index (κ1) is 13.4. The number of anilines is 1. The Bertz CT molecular complexity index is 380. The van der Waals surface area contributed by atoms with Crippen LogP contribution in [0.5, 0.6) is 0 Å². The van der Waals surface area contributed by atoms with Gasteiger partial charge >= 0.3 is 0 Å². The number of aliphatic hydroxyl groups is 1. The maximum Gasteiger partial charge on any atom is 0.0512 e. The van der Waals surface area contributed by atoms with Crippen molar-refractivity contribution < 1.29 is 5.11 Å². The van der Waals surface area contributed by atoms with E-state index >= 15 is 0 Å². The second kappa shape index (κ2) is 5.75. The molecule has 18 heavy (non-hydrogen) atoms. The van der Waals surface area contributed by atoms with Crippen LogP contribution in [0.2, 0.25) is 0 Å². The lowest BCUT2D eigenvalue weighted by molar-refractivity contribution is 0.175. The molecule has 0 radical (unpaired) electrons. The van der Waals surface area contributed by atoms with Gasteiger partial charge in [0.15, 0.2) is 0 Å². The van der Waals surface area contributed by atoms with E-state index < -0.39 is 0 Å². The van der Waals surface area contributed by atoms with Gasteiger partial charge in [-0.3, -0.25) is 0 Å². The summed E-state index contributed by atoms with van der Waals surface area (Å²) in [4.78, 5) is 2.49. The molecule has 1 aromatic rings. The average Bonchev–Trinajstić information content (AvgIpc) is 2.73. The summed E-state index contributed by atoms with van der Waals surface area (Å²) in [5.74, 6) is 0.750. The van der Waals surface area contributed by atoms with Crippen molar-refractivity contribution >= 4 is 5.69 Å². The minimum atomic E-state index is -0.153. The largest absolute Gasteiger partial charge is 0.393 e. The third-order valence-corrected chi connectivity index (χ3v) is 3.85.